The normalized spacial score (nSPS) is 17.0. The number of hydrogen-bond acceptors (Lipinski definition) is 5. The molecule has 126 valence electrons. The Labute approximate surface area is 146 Å². The quantitative estimate of drug-likeness (QED) is 0.731. The third-order valence-corrected chi connectivity index (χ3v) is 4.87. The molecule has 2 fully saturated rings. The monoisotopic (exact) mass is 332 g/mol. The van der Waals surface area contributed by atoms with Crippen LogP contribution in [0.25, 0.3) is 17.1 Å². The Hall–Kier alpha value is -2.63. The SMILES string of the molecule is Cc1cc(-n2nc(C3CC3)nc2-c2cnc(C3CC3)nc2C)ccn1. The lowest BCUT2D eigenvalue weighted by molar-refractivity contribution is 0.832. The zero-order valence-electron chi connectivity index (χ0n) is 14.5. The van der Waals surface area contributed by atoms with Crippen LogP contribution >= 0.6 is 0 Å². The lowest BCUT2D eigenvalue weighted by Gasteiger charge is -2.09. The number of pyridine rings is 1. The maximum atomic E-state index is 4.85. The maximum absolute atomic E-state index is 4.85. The predicted molar refractivity (Wildman–Crippen MR) is 93.6 cm³/mol. The molecule has 2 aliphatic carbocycles. The van der Waals surface area contributed by atoms with E-state index in [0.29, 0.717) is 11.8 Å². The standard InChI is InChI=1S/C19H20N6/c1-11-9-15(7-8-20-11)25-19(23-18(24-25)14-5-6-14)16-10-21-17(13-3-4-13)22-12(16)2/h7-10,13-14H,3-6H2,1-2H3. The first kappa shape index (κ1) is 14.7. The summed E-state index contributed by atoms with van der Waals surface area (Å²) in [5.41, 5.74) is 3.87. The summed E-state index contributed by atoms with van der Waals surface area (Å²) < 4.78 is 1.92. The summed E-state index contributed by atoms with van der Waals surface area (Å²) in [5.74, 6) is 3.77. The van der Waals surface area contributed by atoms with Crippen LogP contribution in [0.4, 0.5) is 0 Å². The first-order valence-corrected chi connectivity index (χ1v) is 8.93. The van der Waals surface area contributed by atoms with Crippen molar-refractivity contribution in [3.05, 3.63) is 47.6 Å². The second-order valence-corrected chi connectivity index (χ2v) is 7.14. The van der Waals surface area contributed by atoms with Crippen molar-refractivity contribution in [1.82, 2.24) is 29.7 Å². The number of aryl methyl sites for hydroxylation is 2. The maximum Gasteiger partial charge on any atom is 0.166 e. The highest BCUT2D eigenvalue weighted by Gasteiger charge is 2.31. The molecule has 3 heterocycles. The van der Waals surface area contributed by atoms with Crippen LogP contribution in [0, 0.1) is 13.8 Å². The molecule has 0 unspecified atom stereocenters. The van der Waals surface area contributed by atoms with Gasteiger partial charge in [0.1, 0.15) is 5.82 Å². The minimum Gasteiger partial charge on any atom is -0.261 e. The molecule has 0 amide bonds. The third-order valence-electron chi connectivity index (χ3n) is 4.87. The number of nitrogens with zero attached hydrogens (tertiary/aromatic N) is 6. The van der Waals surface area contributed by atoms with Crippen LogP contribution in [0.1, 0.15) is 60.6 Å². The molecule has 0 radical (unpaired) electrons. The second-order valence-electron chi connectivity index (χ2n) is 7.14. The van der Waals surface area contributed by atoms with E-state index in [1.807, 2.05) is 43.1 Å². The highest BCUT2D eigenvalue weighted by Crippen LogP contribution is 2.40. The smallest absolute Gasteiger partial charge is 0.166 e. The molecule has 0 atom stereocenters. The van der Waals surface area contributed by atoms with E-state index >= 15 is 0 Å². The summed E-state index contributed by atoms with van der Waals surface area (Å²) in [5, 5.41) is 4.79. The van der Waals surface area contributed by atoms with Gasteiger partial charge in [0.15, 0.2) is 11.6 Å². The summed E-state index contributed by atoms with van der Waals surface area (Å²) in [4.78, 5) is 18.5. The molecule has 0 spiro atoms. The Morgan fingerprint density at radius 2 is 1.72 bits per heavy atom. The van der Waals surface area contributed by atoms with Crippen LogP contribution in [0.2, 0.25) is 0 Å². The zero-order valence-corrected chi connectivity index (χ0v) is 14.5. The summed E-state index contributed by atoms with van der Waals surface area (Å²) in [6.45, 7) is 4.03. The summed E-state index contributed by atoms with van der Waals surface area (Å²) in [6, 6.07) is 4.00. The van der Waals surface area contributed by atoms with E-state index in [4.69, 9.17) is 15.1 Å². The molecule has 0 bridgehead atoms. The van der Waals surface area contributed by atoms with Crippen LogP contribution in [0.5, 0.6) is 0 Å². The summed E-state index contributed by atoms with van der Waals surface area (Å²) in [7, 11) is 0. The molecule has 6 nitrogen and oxygen atoms in total. The Morgan fingerprint density at radius 3 is 2.40 bits per heavy atom. The van der Waals surface area contributed by atoms with Crippen molar-refractivity contribution < 1.29 is 0 Å². The van der Waals surface area contributed by atoms with E-state index < -0.39 is 0 Å². The van der Waals surface area contributed by atoms with Crippen molar-refractivity contribution in [3.8, 4) is 17.1 Å². The molecule has 0 aliphatic heterocycles. The Balaban J connectivity index is 1.64. The molecule has 0 aromatic carbocycles. The van der Waals surface area contributed by atoms with Crippen molar-refractivity contribution in [2.24, 2.45) is 0 Å². The van der Waals surface area contributed by atoms with Crippen LogP contribution in [-0.2, 0) is 0 Å². The van der Waals surface area contributed by atoms with Gasteiger partial charge in [0.25, 0.3) is 0 Å². The molecule has 3 aromatic rings. The van der Waals surface area contributed by atoms with Gasteiger partial charge in [0, 0.05) is 29.9 Å². The van der Waals surface area contributed by atoms with Crippen LogP contribution in [0.15, 0.2) is 24.5 Å². The van der Waals surface area contributed by atoms with Gasteiger partial charge >= 0.3 is 0 Å². The van der Waals surface area contributed by atoms with Crippen molar-refractivity contribution in [2.45, 2.75) is 51.4 Å². The van der Waals surface area contributed by atoms with Gasteiger partial charge in [0.05, 0.1) is 16.9 Å². The van der Waals surface area contributed by atoms with Gasteiger partial charge in [-0.3, -0.25) is 4.98 Å². The van der Waals surface area contributed by atoms with Crippen molar-refractivity contribution >= 4 is 0 Å². The Bertz CT molecular complexity index is 952. The molecule has 3 aromatic heterocycles. The van der Waals surface area contributed by atoms with E-state index in [0.717, 1.165) is 40.1 Å². The van der Waals surface area contributed by atoms with Gasteiger partial charge in [-0.1, -0.05) is 0 Å². The van der Waals surface area contributed by atoms with E-state index in [1.54, 1.807) is 0 Å². The average molecular weight is 332 g/mol. The fourth-order valence-electron chi connectivity index (χ4n) is 3.10. The molecule has 2 aliphatic rings. The first-order valence-electron chi connectivity index (χ1n) is 8.93. The van der Waals surface area contributed by atoms with Gasteiger partial charge in [-0.05, 0) is 51.7 Å². The molecule has 5 rings (SSSR count). The Morgan fingerprint density at radius 1 is 0.960 bits per heavy atom. The van der Waals surface area contributed by atoms with Gasteiger partial charge in [0.2, 0.25) is 0 Å². The fraction of sp³-hybridized carbons (Fsp3) is 0.421. The Kier molecular flexibility index (Phi) is 3.20. The van der Waals surface area contributed by atoms with Crippen molar-refractivity contribution in [3.63, 3.8) is 0 Å². The van der Waals surface area contributed by atoms with Crippen LogP contribution in [-0.4, -0.2) is 29.7 Å². The lowest BCUT2D eigenvalue weighted by atomic mass is 10.2. The van der Waals surface area contributed by atoms with Gasteiger partial charge in [-0.15, -0.1) is 0 Å². The van der Waals surface area contributed by atoms with E-state index in [1.165, 1.54) is 25.7 Å². The average Bonchev–Trinajstić information content (AvgIpc) is 3.52. The van der Waals surface area contributed by atoms with Gasteiger partial charge < -0.3 is 0 Å². The van der Waals surface area contributed by atoms with E-state index in [9.17, 15) is 0 Å². The topological polar surface area (TPSA) is 69.4 Å². The van der Waals surface area contributed by atoms with Gasteiger partial charge in [-0.25, -0.2) is 19.6 Å². The van der Waals surface area contributed by atoms with Crippen molar-refractivity contribution in [1.29, 1.82) is 0 Å². The highest BCUT2D eigenvalue weighted by molar-refractivity contribution is 5.60. The van der Waals surface area contributed by atoms with Gasteiger partial charge in [-0.2, -0.15) is 5.10 Å². The first-order chi connectivity index (χ1) is 12.2. The molecule has 0 saturated heterocycles. The van der Waals surface area contributed by atoms with E-state index in [2.05, 4.69) is 9.97 Å². The predicted octanol–water partition coefficient (Wildman–Crippen LogP) is 3.49. The highest BCUT2D eigenvalue weighted by atomic mass is 15.4. The van der Waals surface area contributed by atoms with E-state index in [-0.39, 0.29) is 0 Å². The lowest BCUT2D eigenvalue weighted by Crippen LogP contribution is -2.04. The minimum atomic E-state index is 0.495. The number of rotatable bonds is 4. The largest absolute Gasteiger partial charge is 0.261 e. The summed E-state index contributed by atoms with van der Waals surface area (Å²) in [6.07, 6.45) is 8.49. The van der Waals surface area contributed by atoms with Crippen molar-refractivity contribution in [2.75, 3.05) is 0 Å². The summed E-state index contributed by atoms with van der Waals surface area (Å²) >= 11 is 0. The zero-order chi connectivity index (χ0) is 17.0. The molecular formula is C19H20N6. The molecular weight excluding hydrogens is 312 g/mol. The molecule has 2 saturated carbocycles. The third kappa shape index (κ3) is 2.71. The number of aromatic nitrogens is 6. The van der Waals surface area contributed by atoms with Crippen LogP contribution in [0.3, 0.4) is 0 Å². The minimum absolute atomic E-state index is 0.495. The molecule has 25 heavy (non-hydrogen) atoms. The molecule has 6 heteroatoms. The van der Waals surface area contributed by atoms with Crippen LogP contribution < -0.4 is 0 Å². The number of hydrogen-bond donors (Lipinski definition) is 0. The molecule has 0 N–H and O–H groups in total. The second kappa shape index (κ2) is 5.44. The fourth-order valence-corrected chi connectivity index (χ4v) is 3.10.